The monoisotopic (exact) mass is 292 g/mol. The standard InChI is InChI=1S/C16H24N2O3/c1-13-4-2-5-14(10-13)20-8-9-21-15-6-3-7-18(12-15)16(19)11-17/h2,4-5,10,15H,3,6-9,11-12,17H2,1H3. The third-order valence-corrected chi connectivity index (χ3v) is 3.60. The largest absolute Gasteiger partial charge is 0.491 e. The van der Waals surface area contributed by atoms with E-state index in [1.54, 1.807) is 4.90 Å². The van der Waals surface area contributed by atoms with Crippen LogP contribution in [0.25, 0.3) is 0 Å². The summed E-state index contributed by atoms with van der Waals surface area (Å²) in [6, 6.07) is 7.95. The number of nitrogens with zero attached hydrogens (tertiary/aromatic N) is 1. The van der Waals surface area contributed by atoms with Crippen molar-refractivity contribution in [3.05, 3.63) is 29.8 Å². The van der Waals surface area contributed by atoms with Gasteiger partial charge in [-0.2, -0.15) is 0 Å². The van der Waals surface area contributed by atoms with Gasteiger partial charge < -0.3 is 20.1 Å². The molecule has 1 heterocycles. The molecule has 5 heteroatoms. The first-order valence-electron chi connectivity index (χ1n) is 7.48. The Morgan fingerprint density at radius 1 is 1.43 bits per heavy atom. The molecule has 0 radical (unpaired) electrons. The molecule has 1 aliphatic heterocycles. The van der Waals surface area contributed by atoms with Crippen LogP contribution in [0.5, 0.6) is 5.75 Å². The van der Waals surface area contributed by atoms with Gasteiger partial charge in [0, 0.05) is 13.1 Å². The highest BCUT2D eigenvalue weighted by atomic mass is 16.5. The summed E-state index contributed by atoms with van der Waals surface area (Å²) in [5.74, 6) is 0.862. The van der Waals surface area contributed by atoms with Gasteiger partial charge in [0.1, 0.15) is 12.4 Å². The average molecular weight is 292 g/mol. The van der Waals surface area contributed by atoms with Gasteiger partial charge in [-0.25, -0.2) is 0 Å². The lowest BCUT2D eigenvalue weighted by Gasteiger charge is -2.32. The van der Waals surface area contributed by atoms with Crippen LogP contribution >= 0.6 is 0 Å². The van der Waals surface area contributed by atoms with Gasteiger partial charge in [-0.1, -0.05) is 12.1 Å². The van der Waals surface area contributed by atoms with E-state index >= 15 is 0 Å². The van der Waals surface area contributed by atoms with Crippen molar-refractivity contribution in [1.82, 2.24) is 4.90 Å². The van der Waals surface area contributed by atoms with Crippen LogP contribution in [-0.2, 0) is 9.53 Å². The fourth-order valence-electron chi connectivity index (χ4n) is 2.51. The zero-order valence-electron chi connectivity index (χ0n) is 12.6. The van der Waals surface area contributed by atoms with Crippen LogP contribution < -0.4 is 10.5 Å². The number of aryl methyl sites for hydroxylation is 1. The van der Waals surface area contributed by atoms with Gasteiger partial charge in [0.25, 0.3) is 0 Å². The molecule has 1 aliphatic rings. The normalized spacial score (nSPS) is 18.6. The fourth-order valence-corrected chi connectivity index (χ4v) is 2.51. The Morgan fingerprint density at radius 3 is 3.05 bits per heavy atom. The molecule has 0 spiro atoms. The lowest BCUT2D eigenvalue weighted by atomic mass is 10.1. The van der Waals surface area contributed by atoms with Gasteiger partial charge in [-0.3, -0.25) is 4.79 Å². The molecule has 1 aromatic carbocycles. The molecule has 1 atom stereocenters. The lowest BCUT2D eigenvalue weighted by Crippen LogP contribution is -2.45. The van der Waals surface area contributed by atoms with Crippen molar-refractivity contribution >= 4 is 5.91 Å². The summed E-state index contributed by atoms with van der Waals surface area (Å²) >= 11 is 0. The number of ether oxygens (including phenoxy) is 2. The summed E-state index contributed by atoms with van der Waals surface area (Å²) in [7, 11) is 0. The van der Waals surface area contributed by atoms with Crippen molar-refractivity contribution in [2.45, 2.75) is 25.9 Å². The molecule has 1 aromatic rings. The molecule has 0 saturated carbocycles. The Kier molecular flexibility index (Phi) is 6.02. The third kappa shape index (κ3) is 5.02. The number of nitrogens with two attached hydrogens (primary N) is 1. The van der Waals surface area contributed by atoms with E-state index in [1.807, 2.05) is 31.2 Å². The summed E-state index contributed by atoms with van der Waals surface area (Å²) in [5, 5.41) is 0. The zero-order chi connectivity index (χ0) is 15.1. The highest BCUT2D eigenvalue weighted by molar-refractivity contribution is 5.78. The molecule has 1 saturated heterocycles. The minimum absolute atomic E-state index is 0.000638. The SMILES string of the molecule is Cc1cccc(OCCOC2CCCN(C(=O)CN)C2)c1. The van der Waals surface area contributed by atoms with Gasteiger partial charge in [0.05, 0.1) is 19.3 Å². The Labute approximate surface area is 126 Å². The van der Waals surface area contributed by atoms with Crippen LogP contribution in [0.15, 0.2) is 24.3 Å². The summed E-state index contributed by atoms with van der Waals surface area (Å²) in [5.41, 5.74) is 6.57. The maximum atomic E-state index is 11.6. The molecule has 0 aromatic heterocycles. The highest BCUT2D eigenvalue weighted by Crippen LogP contribution is 2.14. The molecular weight excluding hydrogens is 268 g/mol. The number of rotatable bonds is 6. The van der Waals surface area contributed by atoms with E-state index in [4.69, 9.17) is 15.2 Å². The topological polar surface area (TPSA) is 64.8 Å². The molecule has 0 aliphatic carbocycles. The van der Waals surface area contributed by atoms with Crippen LogP contribution in [-0.4, -0.2) is 49.8 Å². The second kappa shape index (κ2) is 8.00. The lowest BCUT2D eigenvalue weighted by molar-refractivity contribution is -0.133. The van der Waals surface area contributed by atoms with E-state index in [0.29, 0.717) is 19.8 Å². The minimum Gasteiger partial charge on any atom is -0.491 e. The van der Waals surface area contributed by atoms with Crippen LogP contribution in [0, 0.1) is 6.92 Å². The first kappa shape index (κ1) is 15.8. The predicted octanol–water partition coefficient (Wildman–Crippen LogP) is 1.34. The van der Waals surface area contributed by atoms with Crippen LogP contribution in [0.3, 0.4) is 0 Å². The van der Waals surface area contributed by atoms with Crippen molar-refractivity contribution in [3.63, 3.8) is 0 Å². The van der Waals surface area contributed by atoms with Gasteiger partial charge in [0.2, 0.25) is 5.91 Å². The maximum Gasteiger partial charge on any atom is 0.236 e. The van der Waals surface area contributed by atoms with Gasteiger partial charge in [0.15, 0.2) is 0 Å². The zero-order valence-corrected chi connectivity index (χ0v) is 12.6. The van der Waals surface area contributed by atoms with Crippen LogP contribution in [0.1, 0.15) is 18.4 Å². The van der Waals surface area contributed by atoms with Gasteiger partial charge in [-0.05, 0) is 37.5 Å². The fraction of sp³-hybridized carbons (Fsp3) is 0.562. The smallest absolute Gasteiger partial charge is 0.236 e. The minimum atomic E-state index is -0.000638. The van der Waals surface area contributed by atoms with E-state index in [2.05, 4.69) is 0 Å². The molecule has 1 unspecified atom stereocenters. The molecule has 0 bridgehead atoms. The first-order valence-corrected chi connectivity index (χ1v) is 7.48. The molecule has 1 amide bonds. The number of hydrogen-bond acceptors (Lipinski definition) is 4. The Morgan fingerprint density at radius 2 is 2.29 bits per heavy atom. The van der Waals surface area contributed by atoms with Gasteiger partial charge in [-0.15, -0.1) is 0 Å². The summed E-state index contributed by atoms with van der Waals surface area (Å²) < 4.78 is 11.4. The van der Waals surface area contributed by atoms with Crippen molar-refractivity contribution in [2.75, 3.05) is 32.8 Å². The number of amides is 1. The van der Waals surface area contributed by atoms with E-state index < -0.39 is 0 Å². The van der Waals surface area contributed by atoms with Crippen LogP contribution in [0.2, 0.25) is 0 Å². The molecular formula is C16H24N2O3. The quantitative estimate of drug-likeness (QED) is 0.804. The Balaban J connectivity index is 1.67. The Hall–Kier alpha value is -1.59. The van der Waals surface area contributed by atoms with Crippen LogP contribution in [0.4, 0.5) is 0 Å². The van der Waals surface area contributed by atoms with Crippen molar-refractivity contribution < 1.29 is 14.3 Å². The first-order chi connectivity index (χ1) is 10.2. The van der Waals surface area contributed by atoms with E-state index in [-0.39, 0.29) is 18.6 Å². The van der Waals surface area contributed by atoms with Crippen molar-refractivity contribution in [1.29, 1.82) is 0 Å². The number of hydrogen-bond donors (Lipinski definition) is 1. The Bertz CT molecular complexity index is 465. The van der Waals surface area contributed by atoms with Gasteiger partial charge >= 0.3 is 0 Å². The number of carbonyl (C=O) groups excluding carboxylic acids is 1. The second-order valence-electron chi connectivity index (χ2n) is 5.34. The number of likely N-dealkylation sites (tertiary alicyclic amines) is 1. The number of piperidine rings is 1. The predicted molar refractivity (Wildman–Crippen MR) is 81.3 cm³/mol. The summed E-state index contributed by atoms with van der Waals surface area (Å²) in [4.78, 5) is 13.4. The molecule has 2 rings (SSSR count). The molecule has 2 N–H and O–H groups in total. The van der Waals surface area contributed by atoms with E-state index in [1.165, 1.54) is 5.56 Å². The highest BCUT2D eigenvalue weighted by Gasteiger charge is 2.23. The summed E-state index contributed by atoms with van der Waals surface area (Å²) in [6.45, 7) is 4.59. The van der Waals surface area contributed by atoms with E-state index in [9.17, 15) is 4.79 Å². The maximum absolute atomic E-state index is 11.6. The van der Waals surface area contributed by atoms with Crippen molar-refractivity contribution in [3.8, 4) is 5.75 Å². The summed E-state index contributed by atoms with van der Waals surface area (Å²) in [6.07, 6.45) is 2.05. The third-order valence-electron chi connectivity index (χ3n) is 3.60. The molecule has 21 heavy (non-hydrogen) atoms. The number of carbonyl (C=O) groups is 1. The molecule has 1 fully saturated rings. The van der Waals surface area contributed by atoms with E-state index in [0.717, 1.165) is 25.1 Å². The molecule has 5 nitrogen and oxygen atoms in total. The second-order valence-corrected chi connectivity index (χ2v) is 5.34. The molecule has 116 valence electrons. The average Bonchev–Trinajstić information content (AvgIpc) is 2.51. The number of benzene rings is 1. The van der Waals surface area contributed by atoms with Crippen molar-refractivity contribution in [2.24, 2.45) is 5.73 Å².